The van der Waals surface area contributed by atoms with Crippen LogP contribution in [0.3, 0.4) is 0 Å². The van der Waals surface area contributed by atoms with Gasteiger partial charge in [-0.05, 0) is 37.7 Å². The second-order valence-electron chi connectivity index (χ2n) is 8.85. The Balaban J connectivity index is 1.73. The van der Waals surface area contributed by atoms with E-state index < -0.39 is 17.5 Å². The molecule has 7 nitrogen and oxygen atoms in total. The minimum Gasteiger partial charge on any atom is -0.463 e. The van der Waals surface area contributed by atoms with Crippen molar-refractivity contribution in [1.82, 2.24) is 10.6 Å². The minimum atomic E-state index is -0.562. The Bertz CT molecular complexity index is 802. The highest BCUT2D eigenvalue weighted by Gasteiger charge is 2.35. The number of amides is 2. The van der Waals surface area contributed by atoms with Crippen molar-refractivity contribution in [3.8, 4) is 0 Å². The van der Waals surface area contributed by atoms with Gasteiger partial charge in [-0.15, -0.1) is 0 Å². The van der Waals surface area contributed by atoms with E-state index in [0.717, 1.165) is 31.2 Å². The molecule has 1 fully saturated rings. The molecule has 1 aromatic carbocycles. The molecule has 1 aliphatic carbocycles. The molecule has 174 valence electrons. The van der Waals surface area contributed by atoms with Crippen molar-refractivity contribution in [2.75, 3.05) is 13.2 Å². The van der Waals surface area contributed by atoms with Crippen LogP contribution in [0, 0.1) is 5.92 Å². The van der Waals surface area contributed by atoms with Crippen LogP contribution in [-0.2, 0) is 19.1 Å². The third-order valence-corrected chi connectivity index (χ3v) is 6.34. The molecule has 1 aromatic rings. The summed E-state index contributed by atoms with van der Waals surface area (Å²) >= 11 is 0. The van der Waals surface area contributed by atoms with Crippen LogP contribution < -0.4 is 10.6 Å². The van der Waals surface area contributed by atoms with Gasteiger partial charge in [0.1, 0.15) is 6.61 Å². The molecule has 2 aliphatic rings. The zero-order valence-electron chi connectivity index (χ0n) is 18.6. The van der Waals surface area contributed by atoms with E-state index in [1.54, 1.807) is 0 Å². The lowest BCUT2D eigenvalue weighted by atomic mass is 9.95. The number of hydrogen-bond acceptors (Lipinski definition) is 5. The standard InChI is InChI=1S/C25H34N2O5/c28-18-25(14-8-9-15-25)27-22(29)16-20-12-4-1-2-7-13-23(30)32-17-21(26-24(20)31)19-10-5-3-6-11-19/h1,3-6,10-11,20-21,28H,2,7-9,12-18H2,(H,26,31)(H,27,29)/t20-,21+/m1/s1. The molecule has 0 bridgehead atoms. The highest BCUT2D eigenvalue weighted by atomic mass is 16.5. The number of nitrogens with one attached hydrogen (secondary N) is 2. The van der Waals surface area contributed by atoms with Crippen molar-refractivity contribution in [1.29, 1.82) is 0 Å². The summed E-state index contributed by atoms with van der Waals surface area (Å²) in [7, 11) is 0. The zero-order chi connectivity index (χ0) is 22.8. The fraction of sp³-hybridized carbons (Fsp3) is 0.560. The van der Waals surface area contributed by atoms with Crippen molar-refractivity contribution in [2.24, 2.45) is 5.92 Å². The molecule has 2 amide bonds. The lowest BCUT2D eigenvalue weighted by Crippen LogP contribution is -2.50. The predicted octanol–water partition coefficient (Wildman–Crippen LogP) is 2.94. The normalized spacial score (nSPS) is 24.4. The van der Waals surface area contributed by atoms with Gasteiger partial charge in [0.15, 0.2) is 0 Å². The molecule has 0 aromatic heterocycles. The van der Waals surface area contributed by atoms with Crippen LogP contribution in [0.2, 0.25) is 0 Å². The number of rotatable bonds is 5. The Labute approximate surface area is 189 Å². The molecule has 1 aliphatic heterocycles. The summed E-state index contributed by atoms with van der Waals surface area (Å²) in [6.45, 7) is -0.0362. The number of aliphatic hydroxyl groups is 1. The van der Waals surface area contributed by atoms with E-state index in [4.69, 9.17) is 4.74 Å². The van der Waals surface area contributed by atoms with Crippen LogP contribution >= 0.6 is 0 Å². The average molecular weight is 443 g/mol. The van der Waals surface area contributed by atoms with Crippen molar-refractivity contribution >= 4 is 17.8 Å². The Morgan fingerprint density at radius 3 is 2.59 bits per heavy atom. The molecule has 3 rings (SSSR count). The number of ether oxygens (including phenoxy) is 1. The van der Waals surface area contributed by atoms with Crippen LogP contribution in [-0.4, -0.2) is 41.6 Å². The number of allylic oxidation sites excluding steroid dienone is 2. The van der Waals surface area contributed by atoms with Crippen LogP contribution in [0.4, 0.5) is 0 Å². The fourth-order valence-corrected chi connectivity index (χ4v) is 4.42. The van der Waals surface area contributed by atoms with E-state index in [1.165, 1.54) is 0 Å². The molecule has 1 saturated carbocycles. The van der Waals surface area contributed by atoms with E-state index in [1.807, 2.05) is 42.5 Å². The van der Waals surface area contributed by atoms with E-state index in [0.29, 0.717) is 25.7 Å². The summed E-state index contributed by atoms with van der Waals surface area (Å²) < 4.78 is 5.42. The van der Waals surface area contributed by atoms with Crippen molar-refractivity contribution in [2.45, 2.75) is 69.4 Å². The van der Waals surface area contributed by atoms with Gasteiger partial charge in [-0.2, -0.15) is 0 Å². The number of carbonyl (C=O) groups is 3. The first-order chi connectivity index (χ1) is 15.5. The van der Waals surface area contributed by atoms with Gasteiger partial charge in [0.05, 0.1) is 24.1 Å². The van der Waals surface area contributed by atoms with Gasteiger partial charge in [0.25, 0.3) is 0 Å². The number of esters is 1. The summed E-state index contributed by atoms with van der Waals surface area (Å²) in [5, 5.41) is 15.8. The smallest absolute Gasteiger partial charge is 0.305 e. The molecule has 7 heteroatoms. The van der Waals surface area contributed by atoms with Crippen LogP contribution in [0.1, 0.15) is 69.4 Å². The number of cyclic esters (lactones) is 1. The minimum absolute atomic E-state index is 0.0409. The summed E-state index contributed by atoms with van der Waals surface area (Å²) in [5.74, 6) is -1.30. The molecule has 1 heterocycles. The van der Waals surface area contributed by atoms with E-state index in [-0.39, 0.29) is 37.4 Å². The Kier molecular flexibility index (Phi) is 8.85. The maximum atomic E-state index is 13.2. The third kappa shape index (κ3) is 6.92. The number of aliphatic hydroxyl groups excluding tert-OH is 1. The third-order valence-electron chi connectivity index (χ3n) is 6.34. The van der Waals surface area contributed by atoms with Gasteiger partial charge >= 0.3 is 5.97 Å². The monoisotopic (exact) mass is 442 g/mol. The summed E-state index contributed by atoms with van der Waals surface area (Å²) in [6.07, 6.45) is 9.52. The number of carbonyl (C=O) groups excluding carboxylic acids is 3. The number of hydrogen-bond donors (Lipinski definition) is 3. The lowest BCUT2D eigenvalue weighted by Gasteiger charge is -2.29. The Morgan fingerprint density at radius 1 is 1.12 bits per heavy atom. The summed E-state index contributed by atoms with van der Waals surface area (Å²) in [5.41, 5.74) is 0.278. The van der Waals surface area contributed by atoms with E-state index in [9.17, 15) is 19.5 Å². The molecule has 0 saturated heterocycles. The Morgan fingerprint density at radius 2 is 1.88 bits per heavy atom. The van der Waals surface area contributed by atoms with Gasteiger partial charge in [-0.1, -0.05) is 55.3 Å². The van der Waals surface area contributed by atoms with Crippen molar-refractivity contribution < 1.29 is 24.2 Å². The largest absolute Gasteiger partial charge is 0.463 e. The Hall–Kier alpha value is -2.67. The molecule has 32 heavy (non-hydrogen) atoms. The molecule has 0 radical (unpaired) electrons. The number of benzene rings is 1. The fourth-order valence-electron chi connectivity index (χ4n) is 4.42. The zero-order valence-corrected chi connectivity index (χ0v) is 18.6. The van der Waals surface area contributed by atoms with Crippen molar-refractivity contribution in [3.63, 3.8) is 0 Å². The molecule has 0 spiro atoms. The quantitative estimate of drug-likeness (QED) is 0.480. The van der Waals surface area contributed by atoms with Gasteiger partial charge < -0.3 is 20.5 Å². The van der Waals surface area contributed by atoms with Crippen LogP contribution in [0.5, 0.6) is 0 Å². The first kappa shape index (κ1) is 24.0. The second kappa shape index (κ2) is 11.8. The highest BCUT2D eigenvalue weighted by Crippen LogP contribution is 2.29. The van der Waals surface area contributed by atoms with Gasteiger partial charge in [-0.25, -0.2) is 0 Å². The van der Waals surface area contributed by atoms with Gasteiger partial charge in [-0.3, -0.25) is 14.4 Å². The summed E-state index contributed by atoms with van der Waals surface area (Å²) in [6, 6.07) is 8.89. The highest BCUT2D eigenvalue weighted by molar-refractivity contribution is 5.86. The maximum Gasteiger partial charge on any atom is 0.305 e. The first-order valence-corrected chi connectivity index (χ1v) is 11.6. The second-order valence-corrected chi connectivity index (χ2v) is 8.85. The molecular formula is C25H34N2O5. The molecule has 0 unspecified atom stereocenters. The molecule has 2 atom stereocenters. The van der Waals surface area contributed by atoms with Crippen LogP contribution in [0.25, 0.3) is 0 Å². The van der Waals surface area contributed by atoms with Gasteiger partial charge in [0, 0.05) is 12.8 Å². The molecular weight excluding hydrogens is 408 g/mol. The topological polar surface area (TPSA) is 105 Å². The molecule has 3 N–H and O–H groups in total. The van der Waals surface area contributed by atoms with Gasteiger partial charge in [0.2, 0.25) is 11.8 Å². The van der Waals surface area contributed by atoms with E-state index >= 15 is 0 Å². The van der Waals surface area contributed by atoms with Crippen molar-refractivity contribution in [3.05, 3.63) is 48.0 Å². The van der Waals surface area contributed by atoms with E-state index in [2.05, 4.69) is 10.6 Å². The summed E-state index contributed by atoms with van der Waals surface area (Å²) in [4.78, 5) is 38.0. The maximum absolute atomic E-state index is 13.2. The SMILES string of the molecule is O=C(C[C@H]1CC=CCCCC(=O)OC[C@@H](c2ccccc2)NC1=O)NC1(CO)CCCC1. The predicted molar refractivity (Wildman–Crippen MR) is 120 cm³/mol. The lowest BCUT2D eigenvalue weighted by molar-refractivity contribution is -0.145. The average Bonchev–Trinajstić information content (AvgIpc) is 3.27. The van der Waals surface area contributed by atoms with Crippen LogP contribution in [0.15, 0.2) is 42.5 Å². The first-order valence-electron chi connectivity index (χ1n) is 11.6.